The van der Waals surface area contributed by atoms with Crippen molar-refractivity contribution in [3.05, 3.63) is 95.1 Å². The molecule has 3 rings (SSSR count). The minimum Gasteiger partial charge on any atom is -0.398 e. The lowest BCUT2D eigenvalue weighted by atomic mass is 9.98. The molecule has 0 aliphatic rings. The first-order valence-corrected chi connectivity index (χ1v) is 11.0. The average molecular weight is 476 g/mol. The highest BCUT2D eigenvalue weighted by atomic mass is 32.2. The number of rotatable bonds is 6. The van der Waals surface area contributed by atoms with Gasteiger partial charge in [-0.1, -0.05) is 42.5 Å². The Morgan fingerprint density at radius 2 is 1.61 bits per heavy atom. The lowest BCUT2D eigenvalue weighted by Crippen LogP contribution is -2.38. The highest BCUT2D eigenvalue weighted by Gasteiger charge is 2.42. The third-order valence-corrected chi connectivity index (χ3v) is 5.68. The van der Waals surface area contributed by atoms with E-state index in [0.29, 0.717) is 0 Å². The molecule has 0 saturated carbocycles. The first kappa shape index (κ1) is 24.0. The summed E-state index contributed by atoms with van der Waals surface area (Å²) in [4.78, 5) is 12.4. The molecule has 3 aromatic carbocycles. The summed E-state index contributed by atoms with van der Waals surface area (Å²) in [7, 11) is -4.03. The number of amides is 1. The van der Waals surface area contributed by atoms with Crippen molar-refractivity contribution in [2.45, 2.75) is 17.1 Å². The molecule has 11 heteroatoms. The van der Waals surface area contributed by atoms with Gasteiger partial charge >= 0.3 is 6.18 Å². The van der Waals surface area contributed by atoms with Crippen LogP contribution in [0.3, 0.4) is 0 Å². The summed E-state index contributed by atoms with van der Waals surface area (Å²) < 4.78 is 63.9. The second-order valence-electron chi connectivity index (χ2n) is 7.11. The molecule has 33 heavy (non-hydrogen) atoms. The van der Waals surface area contributed by atoms with Gasteiger partial charge in [-0.05, 0) is 35.9 Å². The minimum absolute atomic E-state index is 0.0393. The maximum atomic E-state index is 13.6. The normalized spacial score (nSPS) is 12.7. The smallest absolute Gasteiger partial charge is 0.398 e. The number of sulfonamides is 1. The van der Waals surface area contributed by atoms with E-state index in [1.165, 1.54) is 66.7 Å². The number of anilines is 1. The minimum atomic E-state index is -4.74. The highest BCUT2D eigenvalue weighted by Crippen LogP contribution is 2.33. The van der Waals surface area contributed by atoms with Gasteiger partial charge in [-0.3, -0.25) is 10.2 Å². The van der Waals surface area contributed by atoms with E-state index in [-0.39, 0.29) is 38.5 Å². The van der Waals surface area contributed by atoms with Crippen LogP contribution in [0.15, 0.2) is 77.7 Å². The van der Waals surface area contributed by atoms with Crippen molar-refractivity contribution < 1.29 is 26.4 Å². The number of hydrogen-bond donors (Lipinski definition) is 4. The zero-order chi connectivity index (χ0) is 24.4. The Hall–Kier alpha value is -3.70. The van der Waals surface area contributed by atoms with Crippen LogP contribution < -0.4 is 16.2 Å². The average Bonchev–Trinajstić information content (AvgIpc) is 2.76. The lowest BCUT2D eigenvalue weighted by Gasteiger charge is -2.22. The number of alkyl halides is 3. The number of carbonyl (C=O) groups is 1. The van der Waals surface area contributed by atoms with Crippen LogP contribution in [0.5, 0.6) is 0 Å². The molecule has 6 N–H and O–H groups in total. The Labute approximate surface area is 187 Å². The molecular weight excluding hydrogens is 457 g/mol. The van der Waals surface area contributed by atoms with E-state index in [2.05, 4.69) is 0 Å². The first-order chi connectivity index (χ1) is 15.4. The van der Waals surface area contributed by atoms with Gasteiger partial charge in [0.1, 0.15) is 0 Å². The van der Waals surface area contributed by atoms with Crippen molar-refractivity contribution in [2.24, 2.45) is 5.14 Å². The van der Waals surface area contributed by atoms with E-state index >= 15 is 0 Å². The Morgan fingerprint density at radius 3 is 2.21 bits per heavy atom. The van der Waals surface area contributed by atoms with E-state index in [1.54, 1.807) is 6.07 Å². The molecule has 1 atom stereocenters. The summed E-state index contributed by atoms with van der Waals surface area (Å²) in [6, 6.07) is 13.6. The molecule has 0 aliphatic heterocycles. The van der Waals surface area contributed by atoms with Gasteiger partial charge in [-0.2, -0.15) is 13.2 Å². The third-order valence-electron chi connectivity index (χ3n) is 4.77. The van der Waals surface area contributed by atoms with Crippen LogP contribution in [-0.2, 0) is 10.0 Å². The quantitative estimate of drug-likeness (QED) is 0.320. The summed E-state index contributed by atoms with van der Waals surface area (Å²) in [6.45, 7) is 0. The summed E-state index contributed by atoms with van der Waals surface area (Å²) in [5.74, 6) is -1.02. The van der Waals surface area contributed by atoms with Gasteiger partial charge in [0.05, 0.1) is 10.6 Å². The third kappa shape index (κ3) is 5.57. The topological polar surface area (TPSA) is 139 Å². The summed E-state index contributed by atoms with van der Waals surface area (Å²) in [5.41, 5.74) is 5.65. The maximum absolute atomic E-state index is 13.6. The molecule has 0 saturated heterocycles. The molecule has 0 aromatic heterocycles. The summed E-state index contributed by atoms with van der Waals surface area (Å²) in [5, 5.41) is 15.5. The molecule has 7 nitrogen and oxygen atoms in total. The number of primary sulfonamides is 1. The molecule has 1 unspecified atom stereocenters. The first-order valence-electron chi connectivity index (χ1n) is 9.42. The molecular formula is C22H19F3N4O3S. The second kappa shape index (κ2) is 9.04. The number of nitrogens with one attached hydrogen (secondary N) is 2. The molecule has 3 aromatic rings. The van der Waals surface area contributed by atoms with E-state index in [0.717, 1.165) is 0 Å². The Kier molecular flexibility index (Phi) is 6.56. The zero-order valence-electron chi connectivity index (χ0n) is 16.9. The number of benzene rings is 3. The van der Waals surface area contributed by atoms with Crippen molar-refractivity contribution in [3.8, 4) is 0 Å². The fraction of sp³-hybridized carbons (Fsp3) is 0.0909. The largest absolute Gasteiger partial charge is 0.412 e. The summed E-state index contributed by atoms with van der Waals surface area (Å²) >= 11 is 0. The molecule has 0 fully saturated rings. The Morgan fingerprint density at radius 1 is 0.939 bits per heavy atom. The van der Waals surface area contributed by atoms with E-state index in [1.807, 2.05) is 5.32 Å². The van der Waals surface area contributed by atoms with E-state index < -0.39 is 28.1 Å². The van der Waals surface area contributed by atoms with Crippen molar-refractivity contribution in [1.29, 1.82) is 5.41 Å². The second-order valence-corrected chi connectivity index (χ2v) is 8.67. The molecule has 0 heterocycles. The Bertz CT molecular complexity index is 1310. The van der Waals surface area contributed by atoms with Gasteiger partial charge in [0.25, 0.3) is 5.91 Å². The van der Waals surface area contributed by atoms with Gasteiger partial charge < -0.3 is 11.1 Å². The fourth-order valence-electron chi connectivity index (χ4n) is 3.11. The number of nitrogen functional groups attached to an aromatic ring is 1. The lowest BCUT2D eigenvalue weighted by molar-refractivity contribution is -0.155. The SMILES string of the molecule is N=C(c1cccc(S(N)(=O)=O)c1)c1cc(C(=O)NC(c2ccccc2)C(F)(F)F)ccc1N. The Balaban J connectivity index is 1.94. The van der Waals surface area contributed by atoms with Crippen molar-refractivity contribution in [3.63, 3.8) is 0 Å². The number of hydrogen-bond acceptors (Lipinski definition) is 5. The van der Waals surface area contributed by atoms with Crippen LogP contribution in [0.2, 0.25) is 0 Å². The molecule has 0 aliphatic carbocycles. The molecule has 172 valence electrons. The maximum Gasteiger partial charge on any atom is 0.412 e. The van der Waals surface area contributed by atoms with Crippen LogP contribution in [0.4, 0.5) is 18.9 Å². The number of nitrogens with two attached hydrogens (primary N) is 2. The number of carbonyl (C=O) groups excluding carboxylic acids is 1. The van der Waals surface area contributed by atoms with Gasteiger partial charge in [0.2, 0.25) is 10.0 Å². The molecule has 1 amide bonds. The van der Waals surface area contributed by atoms with Crippen LogP contribution in [-0.4, -0.2) is 26.2 Å². The van der Waals surface area contributed by atoms with Crippen LogP contribution in [0, 0.1) is 5.41 Å². The van der Waals surface area contributed by atoms with Crippen LogP contribution in [0.25, 0.3) is 0 Å². The van der Waals surface area contributed by atoms with Crippen molar-refractivity contribution in [2.75, 3.05) is 5.73 Å². The van der Waals surface area contributed by atoms with Gasteiger partial charge in [0.15, 0.2) is 6.04 Å². The van der Waals surface area contributed by atoms with E-state index in [4.69, 9.17) is 16.3 Å². The van der Waals surface area contributed by atoms with Gasteiger partial charge in [-0.15, -0.1) is 0 Å². The predicted octanol–water partition coefficient (Wildman–Crippen LogP) is 3.37. The molecule has 0 radical (unpaired) electrons. The van der Waals surface area contributed by atoms with E-state index in [9.17, 15) is 26.4 Å². The molecule has 0 bridgehead atoms. The van der Waals surface area contributed by atoms with Crippen LogP contribution in [0.1, 0.15) is 33.1 Å². The summed E-state index contributed by atoms with van der Waals surface area (Å²) in [6.07, 6.45) is -4.74. The van der Waals surface area contributed by atoms with Gasteiger partial charge in [-0.25, -0.2) is 13.6 Å². The van der Waals surface area contributed by atoms with Crippen LogP contribution >= 0.6 is 0 Å². The predicted molar refractivity (Wildman–Crippen MR) is 117 cm³/mol. The monoisotopic (exact) mass is 476 g/mol. The van der Waals surface area contributed by atoms with Crippen molar-refractivity contribution in [1.82, 2.24) is 5.32 Å². The van der Waals surface area contributed by atoms with Crippen molar-refractivity contribution >= 4 is 27.3 Å². The fourth-order valence-corrected chi connectivity index (χ4v) is 3.67. The van der Waals surface area contributed by atoms with Gasteiger partial charge in [0, 0.05) is 22.4 Å². The molecule has 0 spiro atoms. The highest BCUT2D eigenvalue weighted by molar-refractivity contribution is 7.89. The number of halogens is 3. The zero-order valence-corrected chi connectivity index (χ0v) is 17.7. The standard InChI is InChI=1S/C22H19F3N4O3S/c23-22(24,25)20(13-5-2-1-3-6-13)29-21(30)15-9-10-18(26)17(12-15)19(27)14-7-4-8-16(11-14)33(28,31)32/h1-12,20,27H,26H2,(H,29,30)(H2,28,31,32).